The smallest absolute Gasteiger partial charge is 0.254 e. The molecule has 0 spiro atoms. The lowest BCUT2D eigenvalue weighted by Crippen LogP contribution is -2.52. The number of fused-ring (bicyclic) bond motifs is 1. The van der Waals surface area contributed by atoms with E-state index in [2.05, 4.69) is 16.8 Å². The van der Waals surface area contributed by atoms with Gasteiger partial charge in [0.15, 0.2) is 0 Å². The third kappa shape index (κ3) is 4.00. The van der Waals surface area contributed by atoms with Crippen molar-refractivity contribution in [1.29, 1.82) is 0 Å². The highest BCUT2D eigenvalue weighted by atomic mass is 16.5. The van der Waals surface area contributed by atoms with Gasteiger partial charge in [-0.3, -0.25) is 9.78 Å². The first kappa shape index (κ1) is 18.0. The van der Waals surface area contributed by atoms with Crippen LogP contribution in [0.1, 0.15) is 54.9 Å². The fourth-order valence-electron chi connectivity index (χ4n) is 4.70. The van der Waals surface area contributed by atoms with E-state index >= 15 is 0 Å². The van der Waals surface area contributed by atoms with Gasteiger partial charge in [-0.2, -0.15) is 0 Å². The molecule has 2 aromatic rings. The van der Waals surface area contributed by atoms with Crippen LogP contribution in [0.3, 0.4) is 0 Å². The molecule has 0 N–H and O–H groups in total. The molecule has 1 aliphatic heterocycles. The fraction of sp³-hybridized carbons (Fsp3) is 0.478. The molecule has 27 heavy (non-hydrogen) atoms. The third-order valence-electron chi connectivity index (χ3n) is 6.21. The molecule has 1 aliphatic carbocycles. The summed E-state index contributed by atoms with van der Waals surface area (Å²) >= 11 is 0. The van der Waals surface area contributed by atoms with Gasteiger partial charge in [0.05, 0.1) is 0 Å². The van der Waals surface area contributed by atoms with Gasteiger partial charge in [0.1, 0.15) is 12.4 Å². The minimum atomic E-state index is 0.158. The zero-order valence-electron chi connectivity index (χ0n) is 16.0. The van der Waals surface area contributed by atoms with Crippen molar-refractivity contribution < 1.29 is 9.53 Å². The number of pyridine rings is 1. The molecule has 2 heterocycles. The van der Waals surface area contributed by atoms with E-state index in [1.165, 1.54) is 19.3 Å². The molecule has 4 nitrogen and oxygen atoms in total. The Kier molecular flexibility index (Phi) is 5.42. The van der Waals surface area contributed by atoms with Crippen molar-refractivity contribution in [2.75, 3.05) is 6.54 Å². The summed E-state index contributed by atoms with van der Waals surface area (Å²) in [5.74, 6) is 2.29. The van der Waals surface area contributed by atoms with E-state index in [1.54, 1.807) is 12.4 Å². The molecular weight excluding hydrogens is 336 g/mol. The Morgan fingerprint density at radius 3 is 2.93 bits per heavy atom. The van der Waals surface area contributed by atoms with Gasteiger partial charge in [-0.1, -0.05) is 31.9 Å². The van der Waals surface area contributed by atoms with E-state index in [4.69, 9.17) is 4.74 Å². The van der Waals surface area contributed by atoms with Crippen LogP contribution in [0, 0.1) is 11.8 Å². The van der Waals surface area contributed by atoms with Crippen molar-refractivity contribution in [3.8, 4) is 5.75 Å². The topological polar surface area (TPSA) is 42.4 Å². The van der Waals surface area contributed by atoms with Crippen molar-refractivity contribution >= 4 is 5.91 Å². The lowest BCUT2D eigenvalue weighted by molar-refractivity contribution is 0.0217. The van der Waals surface area contributed by atoms with Crippen molar-refractivity contribution in [2.24, 2.45) is 11.8 Å². The first-order valence-electron chi connectivity index (χ1n) is 10.1. The van der Waals surface area contributed by atoms with Gasteiger partial charge in [0, 0.05) is 36.1 Å². The van der Waals surface area contributed by atoms with E-state index in [1.807, 2.05) is 36.4 Å². The number of carbonyl (C=O) groups excluding carboxylic acids is 1. The number of rotatable bonds is 4. The van der Waals surface area contributed by atoms with Crippen LogP contribution in [0.25, 0.3) is 0 Å². The second-order valence-electron chi connectivity index (χ2n) is 7.96. The number of likely N-dealkylation sites (tertiary alicyclic amines) is 1. The summed E-state index contributed by atoms with van der Waals surface area (Å²) in [5.41, 5.74) is 1.75. The number of hydrogen-bond acceptors (Lipinski definition) is 3. The normalized spacial score (nSPS) is 24.9. The Morgan fingerprint density at radius 2 is 2.07 bits per heavy atom. The fourth-order valence-corrected chi connectivity index (χ4v) is 4.70. The average Bonchev–Trinajstić information content (AvgIpc) is 2.73. The maximum atomic E-state index is 13.2. The van der Waals surface area contributed by atoms with Crippen LogP contribution in [0.2, 0.25) is 0 Å². The standard InChI is InChI=1S/C23H28N2O2/c1-17-11-13-25(22-10-3-2-9-21(17)22)23(26)19-7-4-8-20(14-19)27-16-18-6-5-12-24-15-18/h4-8,12,14-15,17,21-22H,2-3,9-11,13,16H2,1H3. The predicted octanol–water partition coefficient (Wildman–Crippen LogP) is 4.70. The monoisotopic (exact) mass is 364 g/mol. The minimum absolute atomic E-state index is 0.158. The molecule has 142 valence electrons. The number of aromatic nitrogens is 1. The predicted molar refractivity (Wildman–Crippen MR) is 106 cm³/mol. The van der Waals surface area contributed by atoms with Crippen molar-refractivity contribution in [3.05, 3.63) is 59.9 Å². The van der Waals surface area contributed by atoms with Gasteiger partial charge in [0.25, 0.3) is 5.91 Å². The second kappa shape index (κ2) is 8.12. The first-order valence-corrected chi connectivity index (χ1v) is 10.1. The zero-order valence-corrected chi connectivity index (χ0v) is 16.0. The largest absolute Gasteiger partial charge is 0.489 e. The number of nitrogens with zero attached hydrogens (tertiary/aromatic N) is 2. The quantitative estimate of drug-likeness (QED) is 0.790. The molecule has 2 aliphatic rings. The van der Waals surface area contributed by atoms with E-state index in [9.17, 15) is 4.79 Å². The van der Waals surface area contributed by atoms with Crippen molar-refractivity contribution in [2.45, 2.75) is 51.7 Å². The first-order chi connectivity index (χ1) is 13.2. The van der Waals surface area contributed by atoms with Crippen LogP contribution in [0.4, 0.5) is 0 Å². The summed E-state index contributed by atoms with van der Waals surface area (Å²) < 4.78 is 5.88. The van der Waals surface area contributed by atoms with Gasteiger partial charge in [-0.25, -0.2) is 0 Å². The Labute approximate surface area is 161 Å². The average molecular weight is 364 g/mol. The van der Waals surface area contributed by atoms with Gasteiger partial charge in [-0.15, -0.1) is 0 Å². The van der Waals surface area contributed by atoms with E-state index in [-0.39, 0.29) is 5.91 Å². The maximum absolute atomic E-state index is 13.2. The molecule has 1 amide bonds. The summed E-state index contributed by atoms with van der Waals surface area (Å²) in [6, 6.07) is 11.9. The molecule has 1 aromatic heterocycles. The number of ether oxygens (including phenoxy) is 1. The lowest BCUT2D eigenvalue weighted by atomic mass is 9.72. The zero-order chi connectivity index (χ0) is 18.6. The third-order valence-corrected chi connectivity index (χ3v) is 6.21. The lowest BCUT2D eigenvalue weighted by Gasteiger charge is -2.47. The van der Waals surface area contributed by atoms with E-state index < -0.39 is 0 Å². The van der Waals surface area contributed by atoms with Crippen LogP contribution < -0.4 is 4.74 Å². The maximum Gasteiger partial charge on any atom is 0.254 e. The molecule has 1 saturated carbocycles. The summed E-state index contributed by atoms with van der Waals surface area (Å²) in [6.45, 7) is 3.69. The molecular formula is C23H28N2O2. The van der Waals surface area contributed by atoms with E-state index in [0.717, 1.165) is 42.2 Å². The number of piperidine rings is 1. The number of benzene rings is 1. The van der Waals surface area contributed by atoms with Gasteiger partial charge in [0.2, 0.25) is 0 Å². The Morgan fingerprint density at radius 1 is 1.19 bits per heavy atom. The van der Waals surface area contributed by atoms with Gasteiger partial charge in [-0.05, 0) is 55.4 Å². The SMILES string of the molecule is CC1CCN(C(=O)c2cccc(OCc3cccnc3)c2)C2CCCCC12. The summed E-state index contributed by atoms with van der Waals surface area (Å²) in [6.07, 6.45) is 9.64. The molecule has 4 heteroatoms. The Hall–Kier alpha value is -2.36. The van der Waals surface area contributed by atoms with Gasteiger partial charge < -0.3 is 9.64 Å². The summed E-state index contributed by atoms with van der Waals surface area (Å²) in [4.78, 5) is 19.5. The van der Waals surface area contributed by atoms with E-state index in [0.29, 0.717) is 18.6 Å². The highest BCUT2D eigenvalue weighted by Gasteiger charge is 2.39. The Bertz CT molecular complexity index is 777. The summed E-state index contributed by atoms with van der Waals surface area (Å²) in [5, 5.41) is 0. The van der Waals surface area contributed by atoms with Crippen LogP contribution in [0.15, 0.2) is 48.8 Å². The molecule has 1 saturated heterocycles. The van der Waals surface area contributed by atoms with Crippen LogP contribution in [-0.2, 0) is 6.61 Å². The van der Waals surface area contributed by atoms with Crippen LogP contribution >= 0.6 is 0 Å². The molecule has 3 atom stereocenters. The summed E-state index contributed by atoms with van der Waals surface area (Å²) in [7, 11) is 0. The molecule has 0 bridgehead atoms. The molecule has 3 unspecified atom stereocenters. The van der Waals surface area contributed by atoms with Crippen LogP contribution in [-0.4, -0.2) is 28.4 Å². The number of hydrogen-bond donors (Lipinski definition) is 0. The Balaban J connectivity index is 1.47. The van der Waals surface area contributed by atoms with Crippen molar-refractivity contribution in [3.63, 3.8) is 0 Å². The van der Waals surface area contributed by atoms with Crippen LogP contribution in [0.5, 0.6) is 5.75 Å². The second-order valence-corrected chi connectivity index (χ2v) is 7.96. The van der Waals surface area contributed by atoms with Crippen molar-refractivity contribution in [1.82, 2.24) is 9.88 Å². The molecule has 0 radical (unpaired) electrons. The number of amides is 1. The molecule has 1 aromatic carbocycles. The molecule has 4 rings (SSSR count). The molecule has 2 fully saturated rings. The highest BCUT2D eigenvalue weighted by Crippen LogP contribution is 2.39. The minimum Gasteiger partial charge on any atom is -0.489 e. The number of carbonyl (C=O) groups is 1. The van der Waals surface area contributed by atoms with Gasteiger partial charge >= 0.3 is 0 Å². The highest BCUT2D eigenvalue weighted by molar-refractivity contribution is 5.95.